The summed E-state index contributed by atoms with van der Waals surface area (Å²) >= 11 is 0. The highest BCUT2D eigenvalue weighted by Gasteiger charge is 2.23. The Balaban J connectivity index is 1.83. The lowest BCUT2D eigenvalue weighted by Gasteiger charge is -2.10. The van der Waals surface area contributed by atoms with Crippen LogP contribution >= 0.6 is 0 Å². The smallest absolute Gasteiger partial charge is 0.251 e. The van der Waals surface area contributed by atoms with Gasteiger partial charge < -0.3 is 15.0 Å². The topological polar surface area (TPSA) is 84.1 Å². The number of carbonyl (C=O) groups excluding carboxylic acids is 1. The number of rotatable bonds is 3. The van der Waals surface area contributed by atoms with Crippen LogP contribution in [0.15, 0.2) is 35.1 Å². The number of carbonyl (C=O) groups is 1. The van der Waals surface area contributed by atoms with Crippen molar-refractivity contribution in [1.82, 2.24) is 9.97 Å². The Hall–Kier alpha value is -2.47. The molecule has 114 valence electrons. The molecule has 0 radical (unpaired) electrons. The number of amides is 1. The van der Waals surface area contributed by atoms with E-state index in [0.29, 0.717) is 30.4 Å². The SMILES string of the molecule is Cc1cc(=O)[nH]c(-c2cccc(NC(=O)[C@@H]3CCOC3)c2)n1. The highest BCUT2D eigenvalue weighted by molar-refractivity contribution is 5.93. The predicted octanol–water partition coefficient (Wildman–Crippen LogP) is 1.72. The van der Waals surface area contributed by atoms with Crippen LogP contribution in [-0.2, 0) is 9.53 Å². The summed E-state index contributed by atoms with van der Waals surface area (Å²) < 4.78 is 5.22. The summed E-state index contributed by atoms with van der Waals surface area (Å²) in [5, 5.41) is 2.88. The molecule has 2 N–H and O–H groups in total. The monoisotopic (exact) mass is 299 g/mol. The first-order valence-electron chi connectivity index (χ1n) is 7.19. The van der Waals surface area contributed by atoms with Gasteiger partial charge in [-0.25, -0.2) is 4.98 Å². The van der Waals surface area contributed by atoms with Crippen molar-refractivity contribution in [1.29, 1.82) is 0 Å². The summed E-state index contributed by atoms with van der Waals surface area (Å²) in [6, 6.07) is 8.70. The van der Waals surface area contributed by atoms with E-state index in [-0.39, 0.29) is 17.4 Å². The Morgan fingerprint density at radius 3 is 3.00 bits per heavy atom. The molecule has 0 bridgehead atoms. The van der Waals surface area contributed by atoms with Gasteiger partial charge in [0.15, 0.2) is 0 Å². The van der Waals surface area contributed by atoms with E-state index in [4.69, 9.17) is 4.74 Å². The molecule has 2 heterocycles. The van der Waals surface area contributed by atoms with Crippen molar-refractivity contribution in [3.05, 3.63) is 46.4 Å². The van der Waals surface area contributed by atoms with E-state index in [1.165, 1.54) is 6.07 Å². The highest BCUT2D eigenvalue weighted by atomic mass is 16.5. The lowest BCUT2D eigenvalue weighted by atomic mass is 10.1. The van der Waals surface area contributed by atoms with Gasteiger partial charge in [0.25, 0.3) is 5.56 Å². The number of ether oxygens (including phenoxy) is 1. The van der Waals surface area contributed by atoms with Gasteiger partial charge in [0.2, 0.25) is 5.91 Å². The number of nitrogens with zero attached hydrogens (tertiary/aromatic N) is 1. The van der Waals surface area contributed by atoms with Crippen LogP contribution in [0.4, 0.5) is 5.69 Å². The Kier molecular flexibility index (Phi) is 4.02. The van der Waals surface area contributed by atoms with Gasteiger partial charge >= 0.3 is 0 Å². The van der Waals surface area contributed by atoms with E-state index in [0.717, 1.165) is 12.0 Å². The van der Waals surface area contributed by atoms with Gasteiger partial charge in [-0.15, -0.1) is 0 Å². The second kappa shape index (κ2) is 6.11. The molecule has 2 aromatic rings. The summed E-state index contributed by atoms with van der Waals surface area (Å²) in [4.78, 5) is 30.7. The third-order valence-corrected chi connectivity index (χ3v) is 3.57. The molecule has 0 unspecified atom stereocenters. The fourth-order valence-electron chi connectivity index (χ4n) is 2.45. The molecule has 0 saturated carbocycles. The molecule has 1 aromatic heterocycles. The first-order chi connectivity index (χ1) is 10.6. The first-order valence-corrected chi connectivity index (χ1v) is 7.19. The molecule has 22 heavy (non-hydrogen) atoms. The Morgan fingerprint density at radius 2 is 2.27 bits per heavy atom. The number of nitrogens with one attached hydrogen (secondary N) is 2. The fourth-order valence-corrected chi connectivity index (χ4v) is 2.45. The molecule has 0 aliphatic carbocycles. The largest absolute Gasteiger partial charge is 0.381 e. The van der Waals surface area contributed by atoms with Gasteiger partial charge in [0.1, 0.15) is 5.82 Å². The second-order valence-electron chi connectivity index (χ2n) is 5.37. The van der Waals surface area contributed by atoms with Gasteiger partial charge in [-0.05, 0) is 25.5 Å². The van der Waals surface area contributed by atoms with Crippen LogP contribution in [-0.4, -0.2) is 29.1 Å². The van der Waals surface area contributed by atoms with Gasteiger partial charge in [0, 0.05) is 29.6 Å². The average Bonchev–Trinajstić information content (AvgIpc) is 3.01. The van der Waals surface area contributed by atoms with Crippen LogP contribution in [0.1, 0.15) is 12.1 Å². The number of aromatic amines is 1. The van der Waals surface area contributed by atoms with E-state index < -0.39 is 0 Å². The van der Waals surface area contributed by atoms with Gasteiger partial charge in [0.05, 0.1) is 12.5 Å². The molecular weight excluding hydrogens is 282 g/mol. The van der Waals surface area contributed by atoms with Crippen molar-refractivity contribution in [2.75, 3.05) is 18.5 Å². The summed E-state index contributed by atoms with van der Waals surface area (Å²) in [6.45, 7) is 2.87. The number of aromatic nitrogens is 2. The zero-order chi connectivity index (χ0) is 15.5. The Labute approximate surface area is 127 Å². The number of benzene rings is 1. The fraction of sp³-hybridized carbons (Fsp3) is 0.312. The van der Waals surface area contributed by atoms with E-state index in [9.17, 15) is 9.59 Å². The number of aryl methyl sites for hydroxylation is 1. The quantitative estimate of drug-likeness (QED) is 0.904. The van der Waals surface area contributed by atoms with E-state index >= 15 is 0 Å². The zero-order valence-corrected chi connectivity index (χ0v) is 12.3. The van der Waals surface area contributed by atoms with E-state index in [1.54, 1.807) is 13.0 Å². The van der Waals surface area contributed by atoms with E-state index in [2.05, 4.69) is 15.3 Å². The van der Waals surface area contributed by atoms with Gasteiger partial charge in [-0.3, -0.25) is 9.59 Å². The predicted molar refractivity (Wildman–Crippen MR) is 82.6 cm³/mol. The van der Waals surface area contributed by atoms with Crippen LogP contribution in [0, 0.1) is 12.8 Å². The molecule has 0 spiro atoms. The van der Waals surface area contributed by atoms with Crippen molar-refractivity contribution < 1.29 is 9.53 Å². The van der Waals surface area contributed by atoms with Crippen LogP contribution in [0.5, 0.6) is 0 Å². The molecule has 1 saturated heterocycles. The van der Waals surface area contributed by atoms with Crippen molar-refractivity contribution in [2.24, 2.45) is 5.92 Å². The highest BCUT2D eigenvalue weighted by Crippen LogP contribution is 2.20. The lowest BCUT2D eigenvalue weighted by molar-refractivity contribution is -0.119. The number of anilines is 1. The molecule has 1 fully saturated rings. The minimum absolute atomic E-state index is 0.0413. The summed E-state index contributed by atoms with van der Waals surface area (Å²) in [5.74, 6) is 0.353. The zero-order valence-electron chi connectivity index (χ0n) is 12.3. The normalized spacial score (nSPS) is 17.4. The Bertz CT molecular complexity index is 748. The standard InChI is InChI=1S/C16H17N3O3/c1-10-7-14(20)19-15(17-10)11-3-2-4-13(8-11)18-16(21)12-5-6-22-9-12/h2-4,7-8,12H,5-6,9H2,1H3,(H,18,21)(H,17,19,20)/t12-/m1/s1. The third-order valence-electron chi connectivity index (χ3n) is 3.57. The van der Waals surface area contributed by atoms with Crippen molar-refractivity contribution in [3.8, 4) is 11.4 Å². The molecule has 1 aromatic carbocycles. The first kappa shape index (κ1) is 14.5. The van der Waals surface area contributed by atoms with Crippen molar-refractivity contribution in [2.45, 2.75) is 13.3 Å². The molecule has 6 heteroatoms. The van der Waals surface area contributed by atoms with Gasteiger partial charge in [-0.1, -0.05) is 12.1 Å². The molecule has 6 nitrogen and oxygen atoms in total. The summed E-state index contributed by atoms with van der Waals surface area (Å²) in [7, 11) is 0. The van der Waals surface area contributed by atoms with Gasteiger partial charge in [-0.2, -0.15) is 0 Å². The molecule has 1 atom stereocenters. The third kappa shape index (κ3) is 3.23. The number of H-pyrrole nitrogens is 1. The number of hydrogen-bond donors (Lipinski definition) is 2. The second-order valence-corrected chi connectivity index (χ2v) is 5.37. The van der Waals surface area contributed by atoms with Crippen LogP contribution in [0.25, 0.3) is 11.4 Å². The van der Waals surface area contributed by atoms with Crippen molar-refractivity contribution in [3.63, 3.8) is 0 Å². The molecule has 1 aliphatic heterocycles. The molecule has 3 rings (SSSR count). The molecular formula is C16H17N3O3. The van der Waals surface area contributed by atoms with Crippen LogP contribution < -0.4 is 10.9 Å². The molecule has 1 aliphatic rings. The van der Waals surface area contributed by atoms with E-state index in [1.807, 2.05) is 18.2 Å². The van der Waals surface area contributed by atoms with Crippen LogP contribution in [0.2, 0.25) is 0 Å². The van der Waals surface area contributed by atoms with Crippen molar-refractivity contribution >= 4 is 11.6 Å². The number of hydrogen-bond acceptors (Lipinski definition) is 4. The maximum Gasteiger partial charge on any atom is 0.251 e. The Morgan fingerprint density at radius 1 is 1.41 bits per heavy atom. The average molecular weight is 299 g/mol. The minimum Gasteiger partial charge on any atom is -0.381 e. The summed E-state index contributed by atoms with van der Waals surface area (Å²) in [5.41, 5.74) is 1.89. The maximum atomic E-state index is 12.1. The van der Waals surface area contributed by atoms with Crippen LogP contribution in [0.3, 0.4) is 0 Å². The minimum atomic E-state index is -0.194. The molecule has 1 amide bonds. The summed E-state index contributed by atoms with van der Waals surface area (Å²) in [6.07, 6.45) is 0.748. The lowest BCUT2D eigenvalue weighted by Crippen LogP contribution is -2.22. The maximum absolute atomic E-state index is 12.1.